The number of amides is 1. The van der Waals surface area contributed by atoms with E-state index in [9.17, 15) is 13.2 Å². The van der Waals surface area contributed by atoms with Gasteiger partial charge in [-0.1, -0.05) is 6.92 Å². The van der Waals surface area contributed by atoms with Crippen molar-refractivity contribution in [1.82, 2.24) is 14.9 Å². The predicted octanol–water partition coefficient (Wildman–Crippen LogP) is 1.67. The van der Waals surface area contributed by atoms with Crippen LogP contribution < -0.4 is 10.0 Å². The summed E-state index contributed by atoms with van der Waals surface area (Å²) in [6.07, 6.45) is 2.51. The Kier molecular flexibility index (Phi) is 6.59. The molecule has 1 amide bonds. The van der Waals surface area contributed by atoms with Gasteiger partial charge in [0.25, 0.3) is 5.91 Å². The quantitative estimate of drug-likeness (QED) is 0.768. The molecule has 25 heavy (non-hydrogen) atoms. The molecule has 0 saturated carbocycles. The van der Waals surface area contributed by atoms with Crippen LogP contribution in [0.15, 0.2) is 17.0 Å². The number of likely N-dealkylation sites (tertiary alicyclic amines) is 1. The van der Waals surface area contributed by atoms with Gasteiger partial charge in [-0.2, -0.15) is 0 Å². The lowest BCUT2D eigenvalue weighted by Crippen LogP contribution is -2.34. The van der Waals surface area contributed by atoms with Gasteiger partial charge >= 0.3 is 0 Å². The monoisotopic (exact) mass is 367 g/mol. The van der Waals surface area contributed by atoms with Crippen molar-refractivity contribution in [3.05, 3.63) is 28.8 Å². The normalized spacial score (nSPS) is 16.8. The summed E-state index contributed by atoms with van der Waals surface area (Å²) in [5.41, 5.74) is 1.82. The Morgan fingerprint density at radius 1 is 1.24 bits per heavy atom. The summed E-state index contributed by atoms with van der Waals surface area (Å²) in [5.74, 6) is 0.123. The lowest BCUT2D eigenvalue weighted by atomic mass is 10.1. The van der Waals surface area contributed by atoms with Gasteiger partial charge in [-0.15, -0.1) is 0 Å². The van der Waals surface area contributed by atoms with Crippen LogP contribution in [0.3, 0.4) is 0 Å². The molecule has 1 unspecified atom stereocenters. The summed E-state index contributed by atoms with van der Waals surface area (Å²) in [5, 5.41) is 2.94. The minimum Gasteiger partial charge on any atom is -0.352 e. The molecule has 0 aliphatic carbocycles. The van der Waals surface area contributed by atoms with E-state index in [0.29, 0.717) is 23.6 Å². The Morgan fingerprint density at radius 2 is 1.88 bits per heavy atom. The van der Waals surface area contributed by atoms with Crippen LogP contribution in [0, 0.1) is 19.8 Å². The highest BCUT2D eigenvalue weighted by Crippen LogP contribution is 2.21. The second-order valence-electron chi connectivity index (χ2n) is 6.95. The van der Waals surface area contributed by atoms with Crippen molar-refractivity contribution in [2.75, 3.05) is 33.2 Å². The summed E-state index contributed by atoms with van der Waals surface area (Å²) >= 11 is 0. The van der Waals surface area contributed by atoms with Gasteiger partial charge in [0.2, 0.25) is 10.0 Å². The third kappa shape index (κ3) is 5.03. The van der Waals surface area contributed by atoms with E-state index in [1.54, 1.807) is 13.0 Å². The average molecular weight is 368 g/mol. The van der Waals surface area contributed by atoms with Crippen LogP contribution >= 0.6 is 0 Å². The van der Waals surface area contributed by atoms with Gasteiger partial charge in [0.05, 0.1) is 4.90 Å². The van der Waals surface area contributed by atoms with E-state index < -0.39 is 10.0 Å². The molecule has 2 N–H and O–H groups in total. The van der Waals surface area contributed by atoms with Gasteiger partial charge in [0.1, 0.15) is 0 Å². The van der Waals surface area contributed by atoms with Gasteiger partial charge in [0.15, 0.2) is 0 Å². The smallest absolute Gasteiger partial charge is 0.251 e. The van der Waals surface area contributed by atoms with Crippen LogP contribution in [0.25, 0.3) is 0 Å². The molecule has 140 valence electrons. The fraction of sp³-hybridized carbons (Fsp3) is 0.611. The van der Waals surface area contributed by atoms with E-state index in [-0.39, 0.29) is 10.8 Å². The molecule has 1 aliphatic rings. The zero-order chi connectivity index (χ0) is 18.6. The molecular weight excluding hydrogens is 338 g/mol. The molecule has 6 nitrogen and oxygen atoms in total. The Bertz CT molecular complexity index is 725. The minimum atomic E-state index is -3.59. The van der Waals surface area contributed by atoms with E-state index in [4.69, 9.17) is 0 Å². The summed E-state index contributed by atoms with van der Waals surface area (Å²) in [6, 6.07) is 3.19. The number of nitrogens with zero attached hydrogens (tertiary/aromatic N) is 1. The number of carbonyl (C=O) groups is 1. The van der Waals surface area contributed by atoms with Gasteiger partial charge in [-0.3, -0.25) is 4.79 Å². The highest BCUT2D eigenvalue weighted by Gasteiger charge is 2.20. The average Bonchev–Trinajstić information content (AvgIpc) is 3.07. The van der Waals surface area contributed by atoms with E-state index in [0.717, 1.165) is 25.2 Å². The fourth-order valence-electron chi connectivity index (χ4n) is 3.19. The standard InChI is InChI=1S/C18H29N3O3S/c1-13(12-21-7-5-6-8-21)11-20-18(22)16-9-14(2)15(3)17(10-16)25(23,24)19-4/h9-10,13,19H,5-8,11-12H2,1-4H3,(H,20,22). The van der Waals surface area contributed by atoms with Crippen LogP contribution in [0.1, 0.15) is 41.3 Å². The second-order valence-corrected chi connectivity index (χ2v) is 8.80. The number of rotatable bonds is 7. The van der Waals surface area contributed by atoms with Gasteiger partial charge in [-0.05, 0) is 76.0 Å². The number of sulfonamides is 1. The maximum absolute atomic E-state index is 12.5. The molecular formula is C18H29N3O3S. The molecule has 0 bridgehead atoms. The van der Waals surface area contributed by atoms with Gasteiger partial charge in [-0.25, -0.2) is 13.1 Å². The number of benzene rings is 1. The van der Waals surface area contributed by atoms with Crippen molar-refractivity contribution in [2.45, 2.75) is 38.5 Å². The number of carbonyl (C=O) groups excluding carboxylic acids is 1. The van der Waals surface area contributed by atoms with E-state index >= 15 is 0 Å². The zero-order valence-electron chi connectivity index (χ0n) is 15.6. The fourth-order valence-corrected chi connectivity index (χ4v) is 4.25. The lowest BCUT2D eigenvalue weighted by Gasteiger charge is -2.20. The Hall–Kier alpha value is -1.44. The predicted molar refractivity (Wildman–Crippen MR) is 99.3 cm³/mol. The Labute approximate surface area is 151 Å². The number of aryl methyl sites for hydroxylation is 1. The van der Waals surface area contributed by atoms with Crippen LogP contribution in [-0.2, 0) is 10.0 Å². The van der Waals surface area contributed by atoms with Gasteiger partial charge in [0, 0.05) is 18.7 Å². The van der Waals surface area contributed by atoms with E-state index in [2.05, 4.69) is 21.9 Å². The summed E-state index contributed by atoms with van der Waals surface area (Å²) in [6.45, 7) is 9.52. The molecule has 2 rings (SSSR count). The van der Waals surface area contributed by atoms with Crippen molar-refractivity contribution < 1.29 is 13.2 Å². The maximum Gasteiger partial charge on any atom is 0.251 e. The van der Waals surface area contributed by atoms with E-state index in [1.807, 2.05) is 6.92 Å². The SMILES string of the molecule is CNS(=O)(=O)c1cc(C(=O)NCC(C)CN2CCCC2)cc(C)c1C. The van der Waals surface area contributed by atoms with Gasteiger partial charge < -0.3 is 10.2 Å². The van der Waals surface area contributed by atoms with Crippen molar-refractivity contribution in [1.29, 1.82) is 0 Å². The Balaban J connectivity index is 2.06. The largest absolute Gasteiger partial charge is 0.352 e. The van der Waals surface area contributed by atoms with Crippen molar-refractivity contribution >= 4 is 15.9 Å². The molecule has 1 heterocycles. The van der Waals surface area contributed by atoms with Crippen LogP contribution in [0.4, 0.5) is 0 Å². The highest BCUT2D eigenvalue weighted by molar-refractivity contribution is 7.89. The van der Waals surface area contributed by atoms with Crippen LogP contribution in [0.5, 0.6) is 0 Å². The maximum atomic E-state index is 12.5. The first kappa shape index (κ1) is 19.9. The lowest BCUT2D eigenvalue weighted by molar-refractivity contribution is 0.0944. The molecule has 0 radical (unpaired) electrons. The highest BCUT2D eigenvalue weighted by atomic mass is 32.2. The molecule has 0 aromatic heterocycles. The third-order valence-electron chi connectivity index (χ3n) is 4.82. The first-order chi connectivity index (χ1) is 11.7. The molecule has 0 spiro atoms. The second kappa shape index (κ2) is 8.29. The molecule has 1 saturated heterocycles. The topological polar surface area (TPSA) is 78.5 Å². The van der Waals surface area contributed by atoms with Crippen molar-refractivity contribution in [3.63, 3.8) is 0 Å². The molecule has 1 atom stereocenters. The van der Waals surface area contributed by atoms with Crippen molar-refractivity contribution in [2.24, 2.45) is 5.92 Å². The number of hydrogen-bond acceptors (Lipinski definition) is 4. The molecule has 1 aromatic rings. The zero-order valence-corrected chi connectivity index (χ0v) is 16.4. The first-order valence-electron chi connectivity index (χ1n) is 8.80. The molecule has 1 aromatic carbocycles. The summed E-state index contributed by atoms with van der Waals surface area (Å²) in [7, 11) is -2.22. The number of hydrogen-bond donors (Lipinski definition) is 2. The Morgan fingerprint density at radius 3 is 2.48 bits per heavy atom. The first-order valence-corrected chi connectivity index (χ1v) is 10.3. The van der Waals surface area contributed by atoms with Crippen LogP contribution in [-0.4, -0.2) is 52.5 Å². The van der Waals surface area contributed by atoms with Crippen LogP contribution in [0.2, 0.25) is 0 Å². The number of nitrogens with one attached hydrogen (secondary N) is 2. The summed E-state index contributed by atoms with van der Waals surface area (Å²) in [4.78, 5) is 15.1. The van der Waals surface area contributed by atoms with Crippen molar-refractivity contribution in [3.8, 4) is 0 Å². The minimum absolute atomic E-state index is 0.158. The molecule has 7 heteroatoms. The molecule has 1 fully saturated rings. The molecule has 1 aliphatic heterocycles. The third-order valence-corrected chi connectivity index (χ3v) is 6.36. The van der Waals surface area contributed by atoms with E-state index in [1.165, 1.54) is 26.0 Å². The summed E-state index contributed by atoms with van der Waals surface area (Å²) < 4.78 is 26.6.